The third kappa shape index (κ3) is 2.68. The Morgan fingerprint density at radius 2 is 1.78 bits per heavy atom. The maximum absolute atomic E-state index is 13.6. The predicted octanol–water partition coefficient (Wildman–Crippen LogP) is 1.47. The second-order valence-corrected chi connectivity index (χ2v) is 3.63. The summed E-state index contributed by atoms with van der Waals surface area (Å²) in [6, 6.07) is -0.0357. The van der Waals surface area contributed by atoms with Crippen LogP contribution in [0.5, 0.6) is 11.5 Å². The lowest BCUT2D eigenvalue weighted by Gasteiger charge is -2.23. The highest BCUT2D eigenvalue weighted by Gasteiger charge is 2.39. The molecule has 0 bridgehead atoms. The van der Waals surface area contributed by atoms with E-state index in [-0.39, 0.29) is 11.5 Å². The van der Waals surface area contributed by atoms with E-state index in [0.29, 0.717) is 0 Å². The van der Waals surface area contributed by atoms with Gasteiger partial charge in [-0.3, -0.25) is 0 Å². The summed E-state index contributed by atoms with van der Waals surface area (Å²) in [6.45, 7) is -1.47. The van der Waals surface area contributed by atoms with E-state index >= 15 is 0 Å². The number of aliphatic hydroxyl groups excluding tert-OH is 1. The maximum atomic E-state index is 13.6. The molecule has 102 valence electrons. The summed E-state index contributed by atoms with van der Waals surface area (Å²) in [6.07, 6.45) is 0. The van der Waals surface area contributed by atoms with Gasteiger partial charge in [-0.2, -0.15) is 0 Å². The second-order valence-electron chi connectivity index (χ2n) is 3.63. The highest BCUT2D eigenvalue weighted by molar-refractivity contribution is 5.45. The van der Waals surface area contributed by atoms with Crippen LogP contribution in [0.1, 0.15) is 11.6 Å². The first-order valence-corrected chi connectivity index (χ1v) is 5.03. The first kappa shape index (κ1) is 14.6. The van der Waals surface area contributed by atoms with Crippen LogP contribution in [0.25, 0.3) is 0 Å². The molecular weight excluding hydrogens is 251 g/mol. The van der Waals surface area contributed by atoms with E-state index in [9.17, 15) is 13.2 Å². The maximum Gasteiger partial charge on any atom is 0.289 e. The van der Waals surface area contributed by atoms with Gasteiger partial charge >= 0.3 is 0 Å². The number of rotatable bonds is 5. The highest BCUT2D eigenvalue weighted by atomic mass is 19.3. The Morgan fingerprint density at radius 3 is 2.22 bits per heavy atom. The summed E-state index contributed by atoms with van der Waals surface area (Å²) in [5.41, 5.74) is 4.80. The van der Waals surface area contributed by atoms with Crippen molar-refractivity contribution in [2.75, 3.05) is 20.8 Å². The lowest BCUT2D eigenvalue weighted by Crippen LogP contribution is -2.36. The van der Waals surface area contributed by atoms with Crippen molar-refractivity contribution in [3.63, 3.8) is 0 Å². The zero-order valence-electron chi connectivity index (χ0n) is 9.91. The molecule has 0 aromatic heterocycles. The molecule has 0 spiro atoms. The molecule has 0 saturated carbocycles. The molecule has 0 radical (unpaired) electrons. The van der Waals surface area contributed by atoms with Crippen LogP contribution in [0.4, 0.5) is 13.2 Å². The molecule has 3 N–H and O–H groups in total. The monoisotopic (exact) mass is 265 g/mol. The Labute approximate surface area is 102 Å². The first-order chi connectivity index (χ1) is 8.37. The minimum absolute atomic E-state index is 0.0678. The number of alkyl halides is 2. The van der Waals surface area contributed by atoms with Crippen molar-refractivity contribution < 1.29 is 27.8 Å². The average Bonchev–Trinajstić information content (AvgIpc) is 2.37. The zero-order valence-corrected chi connectivity index (χ0v) is 9.91. The molecule has 1 rings (SSSR count). The van der Waals surface area contributed by atoms with Gasteiger partial charge in [-0.25, -0.2) is 13.2 Å². The minimum Gasteiger partial charge on any atom is -0.493 e. The van der Waals surface area contributed by atoms with Gasteiger partial charge in [-0.05, 0) is 6.07 Å². The first-order valence-electron chi connectivity index (χ1n) is 5.03. The van der Waals surface area contributed by atoms with Gasteiger partial charge in [0.25, 0.3) is 5.92 Å². The summed E-state index contributed by atoms with van der Waals surface area (Å²) >= 11 is 0. The fourth-order valence-electron chi connectivity index (χ4n) is 1.43. The van der Waals surface area contributed by atoms with Gasteiger partial charge < -0.3 is 20.3 Å². The van der Waals surface area contributed by atoms with Crippen molar-refractivity contribution in [2.45, 2.75) is 12.0 Å². The molecule has 4 nitrogen and oxygen atoms in total. The summed E-state index contributed by atoms with van der Waals surface area (Å²) in [5, 5.41) is 8.54. The number of benzene rings is 1. The molecular formula is C11H14F3NO3. The van der Waals surface area contributed by atoms with Crippen LogP contribution < -0.4 is 15.2 Å². The topological polar surface area (TPSA) is 64.7 Å². The predicted molar refractivity (Wildman–Crippen MR) is 58.5 cm³/mol. The van der Waals surface area contributed by atoms with Crippen LogP contribution in [0, 0.1) is 5.82 Å². The van der Waals surface area contributed by atoms with E-state index in [1.807, 2.05) is 0 Å². The van der Waals surface area contributed by atoms with Gasteiger partial charge in [0.1, 0.15) is 12.4 Å². The molecule has 0 amide bonds. The van der Waals surface area contributed by atoms with E-state index in [4.69, 9.17) is 20.3 Å². The summed E-state index contributed by atoms with van der Waals surface area (Å²) < 4.78 is 49.8. The zero-order chi connectivity index (χ0) is 13.9. The van der Waals surface area contributed by atoms with Crippen molar-refractivity contribution in [2.24, 2.45) is 5.73 Å². The summed E-state index contributed by atoms with van der Waals surface area (Å²) in [4.78, 5) is 0. The Hall–Kier alpha value is -1.47. The van der Waals surface area contributed by atoms with Crippen molar-refractivity contribution in [1.29, 1.82) is 0 Å². The van der Waals surface area contributed by atoms with E-state index in [1.54, 1.807) is 0 Å². The SMILES string of the molecule is COc1cc(F)c([C@H](N)C(F)(F)CO)cc1OC. The molecule has 0 heterocycles. The number of ether oxygens (including phenoxy) is 2. The fraction of sp³-hybridized carbons (Fsp3) is 0.455. The molecule has 7 heteroatoms. The molecule has 0 unspecified atom stereocenters. The lowest BCUT2D eigenvalue weighted by molar-refractivity contribution is -0.0719. The number of methoxy groups -OCH3 is 2. The standard InChI is InChI=1S/C11H14F3NO3/c1-17-8-3-6(7(12)4-9(8)18-2)10(15)11(13,14)5-16/h3-4,10,16H,5,15H2,1-2H3/t10-/m0/s1. The molecule has 1 aromatic rings. The van der Waals surface area contributed by atoms with Crippen LogP contribution in [0.15, 0.2) is 12.1 Å². The molecule has 1 atom stereocenters. The van der Waals surface area contributed by atoms with E-state index in [2.05, 4.69) is 0 Å². The van der Waals surface area contributed by atoms with Crippen molar-refractivity contribution in [3.8, 4) is 11.5 Å². The lowest BCUT2D eigenvalue weighted by atomic mass is 10.0. The van der Waals surface area contributed by atoms with Gasteiger partial charge in [0, 0.05) is 11.6 Å². The van der Waals surface area contributed by atoms with Crippen LogP contribution >= 0.6 is 0 Å². The molecule has 0 saturated heterocycles. The van der Waals surface area contributed by atoms with Crippen LogP contribution in [-0.2, 0) is 0 Å². The van der Waals surface area contributed by atoms with Crippen molar-refractivity contribution in [1.82, 2.24) is 0 Å². The summed E-state index contributed by atoms with van der Waals surface area (Å²) in [5.74, 6) is -4.43. The minimum atomic E-state index is -3.62. The van der Waals surface area contributed by atoms with E-state index in [0.717, 1.165) is 12.1 Å². The highest BCUT2D eigenvalue weighted by Crippen LogP contribution is 2.36. The molecule has 0 fully saturated rings. The fourth-order valence-corrected chi connectivity index (χ4v) is 1.43. The van der Waals surface area contributed by atoms with Gasteiger partial charge in [0.2, 0.25) is 0 Å². The molecule has 18 heavy (non-hydrogen) atoms. The van der Waals surface area contributed by atoms with Gasteiger partial charge in [0.15, 0.2) is 11.5 Å². The Morgan fingerprint density at radius 1 is 1.28 bits per heavy atom. The van der Waals surface area contributed by atoms with E-state index < -0.39 is 30.0 Å². The Bertz CT molecular complexity index is 426. The van der Waals surface area contributed by atoms with Crippen LogP contribution in [0.3, 0.4) is 0 Å². The van der Waals surface area contributed by atoms with Crippen LogP contribution in [-0.4, -0.2) is 31.9 Å². The number of halogens is 3. The van der Waals surface area contributed by atoms with Crippen molar-refractivity contribution >= 4 is 0 Å². The molecule has 0 aliphatic carbocycles. The number of hydrogen-bond acceptors (Lipinski definition) is 4. The largest absolute Gasteiger partial charge is 0.493 e. The van der Waals surface area contributed by atoms with E-state index in [1.165, 1.54) is 14.2 Å². The normalized spacial score (nSPS) is 13.3. The Kier molecular flexibility index (Phi) is 4.42. The average molecular weight is 265 g/mol. The van der Waals surface area contributed by atoms with Crippen LogP contribution in [0.2, 0.25) is 0 Å². The van der Waals surface area contributed by atoms with Gasteiger partial charge in [-0.15, -0.1) is 0 Å². The second kappa shape index (κ2) is 5.45. The number of hydrogen-bond donors (Lipinski definition) is 2. The molecule has 1 aromatic carbocycles. The van der Waals surface area contributed by atoms with Gasteiger partial charge in [0.05, 0.1) is 20.3 Å². The quantitative estimate of drug-likeness (QED) is 0.846. The molecule has 0 aliphatic heterocycles. The summed E-state index contributed by atoms with van der Waals surface area (Å²) in [7, 11) is 2.58. The number of nitrogens with two attached hydrogens (primary N) is 1. The van der Waals surface area contributed by atoms with Gasteiger partial charge in [-0.1, -0.05) is 0 Å². The third-order valence-electron chi connectivity index (χ3n) is 2.50. The molecule has 0 aliphatic rings. The third-order valence-corrected chi connectivity index (χ3v) is 2.50. The van der Waals surface area contributed by atoms with Crippen molar-refractivity contribution in [3.05, 3.63) is 23.5 Å². The smallest absolute Gasteiger partial charge is 0.289 e. The number of aliphatic hydroxyl groups is 1. The Balaban J connectivity index is 3.25.